The minimum Gasteiger partial charge on any atom is -0.493 e. The van der Waals surface area contributed by atoms with Crippen molar-refractivity contribution in [3.8, 4) is 17.1 Å². The summed E-state index contributed by atoms with van der Waals surface area (Å²) in [4.78, 5) is 0. The number of rotatable bonds is 4. The Morgan fingerprint density at radius 2 is 2.22 bits per heavy atom. The summed E-state index contributed by atoms with van der Waals surface area (Å²) in [6.07, 6.45) is 2.53. The maximum absolute atomic E-state index is 5.83. The van der Waals surface area contributed by atoms with E-state index in [1.54, 1.807) is 6.07 Å². The first-order valence-corrected chi connectivity index (χ1v) is 6.66. The van der Waals surface area contributed by atoms with Gasteiger partial charge in [0, 0.05) is 10.5 Å². The summed E-state index contributed by atoms with van der Waals surface area (Å²) in [7, 11) is 0. The molecule has 0 saturated heterocycles. The number of benzene rings is 1. The van der Waals surface area contributed by atoms with Crippen molar-refractivity contribution in [3.63, 3.8) is 0 Å². The number of nitrogens with two attached hydrogens (primary N) is 1. The Bertz CT molecular complexity index is 564. The van der Waals surface area contributed by atoms with Crippen molar-refractivity contribution in [2.45, 2.75) is 12.8 Å². The minimum atomic E-state index is 0.373. The first-order chi connectivity index (χ1) is 8.72. The lowest BCUT2D eigenvalue weighted by atomic mass is 10.1. The molecule has 0 amide bonds. The van der Waals surface area contributed by atoms with E-state index in [0.29, 0.717) is 17.5 Å². The third kappa shape index (κ3) is 2.51. The van der Waals surface area contributed by atoms with Crippen LogP contribution in [0.2, 0.25) is 0 Å². The van der Waals surface area contributed by atoms with Crippen LogP contribution in [0.25, 0.3) is 11.3 Å². The topological polar surface area (TPSA) is 61.3 Å². The third-order valence-electron chi connectivity index (χ3n) is 2.91. The zero-order chi connectivity index (χ0) is 12.5. The maximum Gasteiger partial charge on any atom is 0.172 e. The van der Waals surface area contributed by atoms with Gasteiger partial charge in [0.15, 0.2) is 11.6 Å². The number of hydrogen-bond donors (Lipinski definition) is 1. The molecule has 0 aliphatic heterocycles. The molecule has 94 valence electrons. The molecule has 0 bridgehead atoms. The predicted octanol–water partition coefficient (Wildman–Crippen LogP) is 3.48. The molecule has 5 heteroatoms. The Morgan fingerprint density at radius 1 is 1.39 bits per heavy atom. The highest BCUT2D eigenvalue weighted by Crippen LogP contribution is 2.36. The number of nitrogen functional groups attached to an aromatic ring is 1. The highest BCUT2D eigenvalue weighted by atomic mass is 79.9. The fourth-order valence-corrected chi connectivity index (χ4v) is 2.09. The van der Waals surface area contributed by atoms with Crippen LogP contribution in [0.5, 0.6) is 5.75 Å². The van der Waals surface area contributed by atoms with E-state index in [1.165, 1.54) is 12.8 Å². The van der Waals surface area contributed by atoms with E-state index in [4.69, 9.17) is 15.0 Å². The molecule has 0 radical (unpaired) electrons. The molecule has 18 heavy (non-hydrogen) atoms. The summed E-state index contributed by atoms with van der Waals surface area (Å²) in [6, 6.07) is 7.53. The number of ether oxygens (including phenoxy) is 1. The second-order valence-electron chi connectivity index (χ2n) is 4.51. The fraction of sp³-hybridized carbons (Fsp3) is 0.308. The van der Waals surface area contributed by atoms with Crippen LogP contribution in [0.3, 0.4) is 0 Å². The van der Waals surface area contributed by atoms with Gasteiger partial charge in [0.05, 0.1) is 12.2 Å². The zero-order valence-corrected chi connectivity index (χ0v) is 11.3. The molecular weight excluding hydrogens is 296 g/mol. The molecule has 2 aromatic rings. The van der Waals surface area contributed by atoms with Crippen LogP contribution < -0.4 is 10.5 Å². The summed E-state index contributed by atoms with van der Waals surface area (Å²) in [6.45, 7) is 0.762. The highest BCUT2D eigenvalue weighted by Gasteiger charge is 2.23. The highest BCUT2D eigenvalue weighted by molar-refractivity contribution is 9.10. The molecule has 4 nitrogen and oxygen atoms in total. The van der Waals surface area contributed by atoms with Gasteiger partial charge in [0.2, 0.25) is 0 Å². The molecule has 1 aliphatic carbocycles. The molecule has 1 aromatic heterocycles. The van der Waals surface area contributed by atoms with Crippen molar-refractivity contribution in [2.75, 3.05) is 12.3 Å². The Hall–Kier alpha value is -1.49. The number of hydrogen-bond acceptors (Lipinski definition) is 4. The first-order valence-electron chi connectivity index (χ1n) is 5.87. The van der Waals surface area contributed by atoms with Crippen LogP contribution in [-0.4, -0.2) is 11.8 Å². The molecule has 0 atom stereocenters. The summed E-state index contributed by atoms with van der Waals surface area (Å²) < 4.78 is 12.0. The third-order valence-corrected chi connectivity index (χ3v) is 3.40. The van der Waals surface area contributed by atoms with Gasteiger partial charge >= 0.3 is 0 Å². The van der Waals surface area contributed by atoms with Gasteiger partial charge in [-0.3, -0.25) is 0 Å². The van der Waals surface area contributed by atoms with Crippen LogP contribution in [0.15, 0.2) is 33.3 Å². The molecule has 0 spiro atoms. The molecule has 1 aromatic carbocycles. The first kappa shape index (κ1) is 11.6. The number of nitrogens with zero attached hydrogens (tertiary/aromatic N) is 1. The number of halogens is 1. The Balaban J connectivity index is 1.91. The number of aromatic nitrogens is 1. The molecular formula is C13H13BrN2O2. The normalized spacial score (nSPS) is 14.7. The minimum absolute atomic E-state index is 0.373. The van der Waals surface area contributed by atoms with E-state index in [1.807, 2.05) is 18.2 Å². The second kappa shape index (κ2) is 4.65. The summed E-state index contributed by atoms with van der Waals surface area (Å²) in [5.41, 5.74) is 6.45. The van der Waals surface area contributed by atoms with Crippen LogP contribution in [0, 0.1) is 5.92 Å². The second-order valence-corrected chi connectivity index (χ2v) is 5.43. The lowest BCUT2D eigenvalue weighted by Gasteiger charge is -2.09. The van der Waals surface area contributed by atoms with E-state index in [9.17, 15) is 0 Å². The van der Waals surface area contributed by atoms with Crippen molar-refractivity contribution in [2.24, 2.45) is 5.92 Å². The van der Waals surface area contributed by atoms with Crippen molar-refractivity contribution in [1.82, 2.24) is 5.16 Å². The van der Waals surface area contributed by atoms with E-state index < -0.39 is 0 Å². The predicted molar refractivity (Wildman–Crippen MR) is 72.3 cm³/mol. The van der Waals surface area contributed by atoms with Gasteiger partial charge in [-0.25, -0.2) is 0 Å². The van der Waals surface area contributed by atoms with Gasteiger partial charge in [0.1, 0.15) is 5.75 Å². The van der Waals surface area contributed by atoms with E-state index in [0.717, 1.165) is 22.4 Å². The maximum atomic E-state index is 5.83. The molecule has 1 fully saturated rings. The SMILES string of the molecule is Nc1cc(-c2cc(Br)ccc2OCC2CC2)on1. The number of anilines is 1. The van der Waals surface area contributed by atoms with E-state index >= 15 is 0 Å². The average molecular weight is 309 g/mol. The molecule has 3 rings (SSSR count). The van der Waals surface area contributed by atoms with Crippen molar-refractivity contribution < 1.29 is 9.26 Å². The standard InChI is InChI=1S/C13H13BrN2O2/c14-9-3-4-11(17-7-8-1-2-8)10(5-9)12-6-13(15)16-18-12/h3-6,8H,1-2,7H2,(H2,15,16). The quantitative estimate of drug-likeness (QED) is 0.939. The van der Waals surface area contributed by atoms with Gasteiger partial charge < -0.3 is 15.0 Å². The van der Waals surface area contributed by atoms with Crippen LogP contribution >= 0.6 is 15.9 Å². The van der Waals surface area contributed by atoms with Gasteiger partial charge in [-0.15, -0.1) is 0 Å². The lowest BCUT2D eigenvalue weighted by Crippen LogP contribution is -2.00. The van der Waals surface area contributed by atoms with Gasteiger partial charge in [-0.1, -0.05) is 21.1 Å². The summed E-state index contributed by atoms with van der Waals surface area (Å²) in [5.74, 6) is 2.51. The Morgan fingerprint density at radius 3 is 2.89 bits per heavy atom. The van der Waals surface area contributed by atoms with E-state index in [2.05, 4.69) is 21.1 Å². The van der Waals surface area contributed by atoms with Gasteiger partial charge in [0.25, 0.3) is 0 Å². The van der Waals surface area contributed by atoms with Crippen LogP contribution in [-0.2, 0) is 0 Å². The van der Waals surface area contributed by atoms with Crippen molar-refractivity contribution >= 4 is 21.7 Å². The molecule has 1 saturated carbocycles. The van der Waals surface area contributed by atoms with E-state index in [-0.39, 0.29) is 0 Å². The zero-order valence-electron chi connectivity index (χ0n) is 9.73. The molecule has 1 heterocycles. The van der Waals surface area contributed by atoms with Gasteiger partial charge in [-0.05, 0) is 37.0 Å². The Labute approximate surface area is 113 Å². The fourth-order valence-electron chi connectivity index (χ4n) is 1.73. The molecule has 1 aliphatic rings. The van der Waals surface area contributed by atoms with Crippen LogP contribution in [0.1, 0.15) is 12.8 Å². The largest absolute Gasteiger partial charge is 0.493 e. The lowest BCUT2D eigenvalue weighted by molar-refractivity contribution is 0.299. The van der Waals surface area contributed by atoms with Crippen molar-refractivity contribution in [1.29, 1.82) is 0 Å². The monoisotopic (exact) mass is 308 g/mol. The smallest absolute Gasteiger partial charge is 0.172 e. The average Bonchev–Trinajstić information content (AvgIpc) is 3.09. The molecule has 2 N–H and O–H groups in total. The summed E-state index contributed by atoms with van der Waals surface area (Å²) >= 11 is 3.44. The van der Waals surface area contributed by atoms with Gasteiger partial charge in [-0.2, -0.15) is 0 Å². The van der Waals surface area contributed by atoms with Crippen LogP contribution in [0.4, 0.5) is 5.82 Å². The van der Waals surface area contributed by atoms with Crippen molar-refractivity contribution in [3.05, 3.63) is 28.7 Å². The Kier molecular flexibility index (Phi) is 2.99. The molecule has 0 unspecified atom stereocenters. The summed E-state index contributed by atoms with van der Waals surface area (Å²) in [5, 5.41) is 3.70.